The molecule has 0 radical (unpaired) electrons. The first-order chi connectivity index (χ1) is 5.57. The molecule has 1 N–H and O–H groups in total. The van der Waals surface area contributed by atoms with Gasteiger partial charge in [0.25, 0.3) is 0 Å². The maximum absolute atomic E-state index is 11.2. The first-order valence-corrected chi connectivity index (χ1v) is 4.49. The van der Waals surface area contributed by atoms with Gasteiger partial charge in [0.15, 0.2) is 0 Å². The molecule has 0 saturated heterocycles. The minimum atomic E-state index is -0.119. The fraction of sp³-hybridized carbons (Fsp3) is 0.889. The highest BCUT2D eigenvalue weighted by atomic mass is 16.5. The predicted molar refractivity (Wildman–Crippen MR) is 48.9 cm³/mol. The second-order valence-corrected chi connectivity index (χ2v) is 3.19. The topological polar surface area (TPSA) is 38.3 Å². The van der Waals surface area contributed by atoms with Crippen LogP contribution >= 0.6 is 0 Å². The summed E-state index contributed by atoms with van der Waals surface area (Å²) >= 11 is 0. The van der Waals surface area contributed by atoms with Crippen LogP contribution in [0.2, 0.25) is 0 Å². The second-order valence-electron chi connectivity index (χ2n) is 3.19. The van der Waals surface area contributed by atoms with Crippen molar-refractivity contribution < 1.29 is 9.53 Å². The van der Waals surface area contributed by atoms with Crippen molar-refractivity contribution in [3.63, 3.8) is 0 Å². The molecule has 72 valence electrons. The third-order valence-corrected chi connectivity index (χ3v) is 1.45. The van der Waals surface area contributed by atoms with Gasteiger partial charge in [0.1, 0.15) is 0 Å². The molecule has 1 atom stereocenters. The molecular formula is C9H19NO2. The Kier molecular flexibility index (Phi) is 5.72. The number of carbonyl (C=O) groups excluding carboxylic acids is 1. The third kappa shape index (κ3) is 5.13. The van der Waals surface area contributed by atoms with E-state index in [0.29, 0.717) is 6.54 Å². The molecule has 0 amide bonds. The van der Waals surface area contributed by atoms with Gasteiger partial charge < -0.3 is 10.1 Å². The predicted octanol–water partition coefficient (Wildman–Crippen LogP) is 1.18. The van der Waals surface area contributed by atoms with E-state index in [9.17, 15) is 4.79 Å². The van der Waals surface area contributed by atoms with Crippen LogP contribution in [0.5, 0.6) is 0 Å². The largest absolute Gasteiger partial charge is 0.463 e. The molecule has 3 heteroatoms. The lowest BCUT2D eigenvalue weighted by molar-refractivity contribution is -0.151. The Hall–Kier alpha value is -0.570. The Morgan fingerprint density at radius 2 is 2.00 bits per heavy atom. The van der Waals surface area contributed by atoms with Crippen molar-refractivity contribution in [2.45, 2.75) is 33.8 Å². The highest BCUT2D eigenvalue weighted by Crippen LogP contribution is 1.99. The van der Waals surface area contributed by atoms with Crippen LogP contribution < -0.4 is 5.32 Å². The highest BCUT2D eigenvalue weighted by molar-refractivity contribution is 5.72. The zero-order valence-electron chi connectivity index (χ0n) is 8.39. The molecule has 0 saturated carbocycles. The van der Waals surface area contributed by atoms with Gasteiger partial charge in [-0.05, 0) is 20.4 Å². The highest BCUT2D eigenvalue weighted by Gasteiger charge is 2.14. The molecule has 0 fully saturated rings. The normalized spacial score (nSPS) is 13.1. The fourth-order valence-electron chi connectivity index (χ4n) is 0.793. The molecule has 0 aromatic heterocycles. The van der Waals surface area contributed by atoms with Gasteiger partial charge in [0.05, 0.1) is 12.0 Å². The van der Waals surface area contributed by atoms with Crippen LogP contribution in [0, 0.1) is 5.92 Å². The Morgan fingerprint density at radius 1 is 1.42 bits per heavy atom. The summed E-state index contributed by atoms with van der Waals surface area (Å²) in [6.07, 6.45) is -0.0124. The van der Waals surface area contributed by atoms with Crippen molar-refractivity contribution in [2.24, 2.45) is 5.92 Å². The lowest BCUT2D eigenvalue weighted by atomic mass is 10.2. The number of hydrogen-bond donors (Lipinski definition) is 1. The zero-order chi connectivity index (χ0) is 9.56. The van der Waals surface area contributed by atoms with Gasteiger partial charge >= 0.3 is 5.97 Å². The summed E-state index contributed by atoms with van der Waals surface area (Å²) in [6, 6.07) is 0. The number of nitrogens with one attached hydrogen (secondary N) is 1. The van der Waals surface area contributed by atoms with Gasteiger partial charge in [-0.15, -0.1) is 0 Å². The number of hydrogen-bond acceptors (Lipinski definition) is 3. The van der Waals surface area contributed by atoms with Gasteiger partial charge in [-0.2, -0.15) is 0 Å². The molecule has 0 aliphatic heterocycles. The van der Waals surface area contributed by atoms with E-state index in [2.05, 4.69) is 5.32 Å². The molecule has 0 aromatic rings. The third-order valence-electron chi connectivity index (χ3n) is 1.45. The van der Waals surface area contributed by atoms with E-state index in [4.69, 9.17) is 4.74 Å². The minimum absolute atomic E-state index is 0.0124. The van der Waals surface area contributed by atoms with Crippen LogP contribution in [0.3, 0.4) is 0 Å². The van der Waals surface area contributed by atoms with Crippen LogP contribution in [0.1, 0.15) is 27.7 Å². The average molecular weight is 173 g/mol. The number of ether oxygens (including phenoxy) is 1. The van der Waals surface area contributed by atoms with Crippen LogP contribution in [0.25, 0.3) is 0 Å². The SMILES string of the molecule is CCNCC(C)C(=O)OC(C)C. The monoisotopic (exact) mass is 173 g/mol. The molecule has 3 nitrogen and oxygen atoms in total. The van der Waals surface area contributed by atoms with E-state index in [1.54, 1.807) is 0 Å². The van der Waals surface area contributed by atoms with Crippen molar-refractivity contribution in [1.82, 2.24) is 5.32 Å². The molecule has 0 rings (SSSR count). The quantitative estimate of drug-likeness (QED) is 0.634. The molecular weight excluding hydrogens is 154 g/mol. The second kappa shape index (κ2) is 6.00. The molecule has 12 heavy (non-hydrogen) atoms. The standard InChI is InChI=1S/C9H19NO2/c1-5-10-6-8(4)9(11)12-7(2)3/h7-8,10H,5-6H2,1-4H3. The summed E-state index contributed by atoms with van der Waals surface area (Å²) in [4.78, 5) is 11.2. The number of esters is 1. The Morgan fingerprint density at radius 3 is 2.42 bits per heavy atom. The molecule has 0 aliphatic carbocycles. The molecule has 0 bridgehead atoms. The summed E-state index contributed by atoms with van der Waals surface area (Å²) in [6.45, 7) is 9.19. The summed E-state index contributed by atoms with van der Waals surface area (Å²) in [7, 11) is 0. The Balaban J connectivity index is 3.61. The van der Waals surface area contributed by atoms with Gasteiger partial charge in [0, 0.05) is 6.54 Å². The van der Waals surface area contributed by atoms with E-state index in [-0.39, 0.29) is 18.0 Å². The van der Waals surface area contributed by atoms with E-state index in [1.807, 2.05) is 27.7 Å². The summed E-state index contributed by atoms with van der Waals surface area (Å²) in [5.41, 5.74) is 0. The Labute approximate surface area is 74.5 Å². The minimum Gasteiger partial charge on any atom is -0.463 e. The van der Waals surface area contributed by atoms with Gasteiger partial charge in [-0.1, -0.05) is 13.8 Å². The smallest absolute Gasteiger partial charge is 0.310 e. The lowest BCUT2D eigenvalue weighted by Crippen LogP contribution is -2.29. The average Bonchev–Trinajstić information content (AvgIpc) is 1.98. The summed E-state index contributed by atoms with van der Waals surface area (Å²) in [5, 5.41) is 3.10. The van der Waals surface area contributed by atoms with Crippen molar-refractivity contribution in [1.29, 1.82) is 0 Å². The molecule has 0 spiro atoms. The van der Waals surface area contributed by atoms with E-state index < -0.39 is 0 Å². The van der Waals surface area contributed by atoms with Gasteiger partial charge in [-0.25, -0.2) is 0 Å². The van der Waals surface area contributed by atoms with Crippen LogP contribution in [-0.4, -0.2) is 25.2 Å². The lowest BCUT2D eigenvalue weighted by Gasteiger charge is -2.13. The summed E-state index contributed by atoms with van der Waals surface area (Å²) in [5.74, 6) is -0.168. The number of rotatable bonds is 5. The van der Waals surface area contributed by atoms with Crippen LogP contribution in [0.15, 0.2) is 0 Å². The summed E-state index contributed by atoms with van der Waals surface area (Å²) < 4.78 is 5.03. The molecule has 1 unspecified atom stereocenters. The molecule has 0 aliphatic rings. The number of carbonyl (C=O) groups is 1. The van der Waals surface area contributed by atoms with Crippen LogP contribution in [-0.2, 0) is 9.53 Å². The van der Waals surface area contributed by atoms with E-state index >= 15 is 0 Å². The first kappa shape index (κ1) is 11.4. The van der Waals surface area contributed by atoms with E-state index in [1.165, 1.54) is 0 Å². The van der Waals surface area contributed by atoms with Crippen LogP contribution in [0.4, 0.5) is 0 Å². The molecule has 0 heterocycles. The van der Waals surface area contributed by atoms with E-state index in [0.717, 1.165) is 6.54 Å². The van der Waals surface area contributed by atoms with Crippen molar-refractivity contribution in [3.05, 3.63) is 0 Å². The first-order valence-electron chi connectivity index (χ1n) is 4.49. The van der Waals surface area contributed by atoms with Gasteiger partial charge in [-0.3, -0.25) is 4.79 Å². The maximum Gasteiger partial charge on any atom is 0.310 e. The van der Waals surface area contributed by atoms with Crippen molar-refractivity contribution >= 4 is 5.97 Å². The van der Waals surface area contributed by atoms with Gasteiger partial charge in [0.2, 0.25) is 0 Å². The molecule has 0 aromatic carbocycles. The zero-order valence-corrected chi connectivity index (χ0v) is 8.39. The van der Waals surface area contributed by atoms with Crippen molar-refractivity contribution in [3.8, 4) is 0 Å². The Bertz CT molecular complexity index is 134. The maximum atomic E-state index is 11.2. The fourth-order valence-corrected chi connectivity index (χ4v) is 0.793. The van der Waals surface area contributed by atoms with Crippen molar-refractivity contribution in [2.75, 3.05) is 13.1 Å².